The molecule has 2 aliphatic heterocycles. The van der Waals surface area contributed by atoms with E-state index in [1.165, 1.54) is 0 Å². The predicted molar refractivity (Wildman–Crippen MR) is 78.4 cm³/mol. The fourth-order valence-electron chi connectivity index (χ4n) is 2.57. The summed E-state index contributed by atoms with van der Waals surface area (Å²) in [5, 5.41) is 3.32. The maximum Gasteiger partial charge on any atom is 0.253 e. The van der Waals surface area contributed by atoms with E-state index in [1.54, 1.807) is 4.90 Å². The van der Waals surface area contributed by atoms with E-state index in [9.17, 15) is 4.79 Å². The Bertz CT molecular complexity index is 449. The minimum Gasteiger partial charge on any atom is -0.368 e. The first-order valence-electron chi connectivity index (χ1n) is 6.57. The summed E-state index contributed by atoms with van der Waals surface area (Å²) >= 11 is 0. The van der Waals surface area contributed by atoms with E-state index in [0.29, 0.717) is 26.3 Å². The van der Waals surface area contributed by atoms with Gasteiger partial charge in [0, 0.05) is 18.8 Å². The van der Waals surface area contributed by atoms with Crippen molar-refractivity contribution in [1.82, 2.24) is 5.32 Å². The minimum absolute atomic E-state index is 0. The van der Waals surface area contributed by atoms with Crippen molar-refractivity contribution in [3.63, 3.8) is 0 Å². The molecule has 2 heterocycles. The Labute approximate surface area is 124 Å². The number of amides is 1. The lowest BCUT2D eigenvalue weighted by atomic mass is 10.0. The first-order valence-corrected chi connectivity index (χ1v) is 6.57. The van der Waals surface area contributed by atoms with E-state index < -0.39 is 5.60 Å². The summed E-state index contributed by atoms with van der Waals surface area (Å²) in [6.07, 6.45) is 0. The van der Waals surface area contributed by atoms with Gasteiger partial charge in [0.15, 0.2) is 0 Å². The Balaban J connectivity index is 0.00000147. The molecule has 0 bridgehead atoms. The van der Waals surface area contributed by atoms with Gasteiger partial charge in [0.05, 0.1) is 19.8 Å². The van der Waals surface area contributed by atoms with Crippen LogP contribution in [0.3, 0.4) is 0 Å². The number of hydrogen-bond acceptors (Lipinski definition) is 4. The molecule has 1 aromatic carbocycles. The summed E-state index contributed by atoms with van der Waals surface area (Å²) in [6.45, 7) is 3.31. The van der Waals surface area contributed by atoms with Crippen LogP contribution in [-0.4, -0.2) is 51.0 Å². The SMILES string of the molecule is Cl.O=C1COCC2(CNCCO2)CN1c1ccccc1. The van der Waals surface area contributed by atoms with Crippen molar-refractivity contribution in [3.8, 4) is 0 Å². The van der Waals surface area contributed by atoms with Gasteiger partial charge in [-0.3, -0.25) is 4.79 Å². The average Bonchev–Trinajstić information content (AvgIpc) is 2.61. The number of rotatable bonds is 1. The highest BCUT2D eigenvalue weighted by atomic mass is 35.5. The molecule has 2 saturated heterocycles. The molecule has 1 aromatic rings. The first kappa shape index (κ1) is 15.3. The number of anilines is 1. The molecule has 2 aliphatic rings. The zero-order valence-corrected chi connectivity index (χ0v) is 12.0. The summed E-state index contributed by atoms with van der Waals surface area (Å²) in [4.78, 5) is 13.9. The van der Waals surface area contributed by atoms with Crippen molar-refractivity contribution in [2.24, 2.45) is 0 Å². The Kier molecular flexibility index (Phi) is 4.99. The number of carbonyl (C=O) groups is 1. The first-order chi connectivity index (χ1) is 9.29. The van der Waals surface area contributed by atoms with Crippen LogP contribution in [0.2, 0.25) is 0 Å². The molecular weight excluding hydrogens is 280 g/mol. The monoisotopic (exact) mass is 298 g/mol. The van der Waals surface area contributed by atoms with Crippen molar-refractivity contribution in [2.75, 3.05) is 44.4 Å². The number of hydrogen-bond donors (Lipinski definition) is 1. The highest BCUT2D eigenvalue weighted by Gasteiger charge is 2.40. The van der Waals surface area contributed by atoms with Gasteiger partial charge in [-0.25, -0.2) is 0 Å². The summed E-state index contributed by atoms with van der Waals surface area (Å²) in [6, 6.07) is 9.68. The van der Waals surface area contributed by atoms with E-state index in [0.717, 1.165) is 12.2 Å². The lowest BCUT2D eigenvalue weighted by Gasteiger charge is -2.38. The van der Waals surface area contributed by atoms with Crippen molar-refractivity contribution in [3.05, 3.63) is 30.3 Å². The molecule has 20 heavy (non-hydrogen) atoms. The van der Waals surface area contributed by atoms with Gasteiger partial charge < -0.3 is 19.7 Å². The topological polar surface area (TPSA) is 50.8 Å². The zero-order valence-electron chi connectivity index (χ0n) is 11.2. The second-order valence-corrected chi connectivity index (χ2v) is 5.02. The molecule has 5 nitrogen and oxygen atoms in total. The fraction of sp³-hybridized carbons (Fsp3) is 0.500. The highest BCUT2D eigenvalue weighted by molar-refractivity contribution is 5.94. The molecule has 3 rings (SSSR count). The third-order valence-corrected chi connectivity index (χ3v) is 3.54. The molecule has 1 N–H and O–H groups in total. The third kappa shape index (κ3) is 3.12. The average molecular weight is 299 g/mol. The third-order valence-electron chi connectivity index (χ3n) is 3.54. The molecule has 2 fully saturated rings. The van der Waals surface area contributed by atoms with Crippen molar-refractivity contribution in [1.29, 1.82) is 0 Å². The summed E-state index contributed by atoms with van der Waals surface area (Å²) in [5.41, 5.74) is 0.465. The molecule has 110 valence electrons. The molecule has 1 spiro atoms. The van der Waals surface area contributed by atoms with Gasteiger partial charge >= 0.3 is 0 Å². The maximum atomic E-state index is 12.2. The minimum atomic E-state index is -0.430. The van der Waals surface area contributed by atoms with Crippen molar-refractivity contribution < 1.29 is 14.3 Å². The van der Waals surface area contributed by atoms with Crippen LogP contribution >= 0.6 is 12.4 Å². The van der Waals surface area contributed by atoms with Gasteiger partial charge in [0.25, 0.3) is 5.91 Å². The molecule has 0 radical (unpaired) electrons. The van der Waals surface area contributed by atoms with Crippen LogP contribution in [0.15, 0.2) is 30.3 Å². The van der Waals surface area contributed by atoms with Crippen LogP contribution in [0.1, 0.15) is 0 Å². The van der Waals surface area contributed by atoms with E-state index in [-0.39, 0.29) is 24.9 Å². The molecule has 0 aromatic heterocycles. The van der Waals surface area contributed by atoms with Crippen LogP contribution in [0, 0.1) is 0 Å². The normalized spacial score (nSPS) is 27.0. The van der Waals surface area contributed by atoms with Crippen molar-refractivity contribution in [2.45, 2.75) is 5.60 Å². The van der Waals surface area contributed by atoms with Gasteiger partial charge in [-0.05, 0) is 12.1 Å². The number of benzene rings is 1. The lowest BCUT2D eigenvalue weighted by Crippen LogP contribution is -2.58. The fourth-order valence-corrected chi connectivity index (χ4v) is 2.57. The van der Waals surface area contributed by atoms with Gasteiger partial charge in [-0.15, -0.1) is 12.4 Å². The lowest BCUT2D eigenvalue weighted by molar-refractivity contribution is -0.123. The van der Waals surface area contributed by atoms with Crippen molar-refractivity contribution >= 4 is 24.0 Å². The van der Waals surface area contributed by atoms with Gasteiger partial charge in [-0.2, -0.15) is 0 Å². The van der Waals surface area contributed by atoms with Crippen LogP contribution in [0.4, 0.5) is 5.69 Å². The zero-order chi connectivity index (χ0) is 13.1. The molecule has 1 unspecified atom stereocenters. The number of halogens is 1. The maximum absolute atomic E-state index is 12.2. The molecule has 1 amide bonds. The second kappa shape index (κ2) is 6.54. The molecular formula is C14H19ClN2O3. The van der Waals surface area contributed by atoms with E-state index >= 15 is 0 Å². The Morgan fingerprint density at radius 1 is 1.25 bits per heavy atom. The summed E-state index contributed by atoms with van der Waals surface area (Å²) in [5.74, 6) is -0.0164. The van der Waals surface area contributed by atoms with Gasteiger partial charge in [0.2, 0.25) is 0 Å². The van der Waals surface area contributed by atoms with Gasteiger partial charge in [0.1, 0.15) is 12.2 Å². The molecule has 0 saturated carbocycles. The van der Waals surface area contributed by atoms with E-state index in [1.807, 2.05) is 30.3 Å². The summed E-state index contributed by atoms with van der Waals surface area (Å²) < 4.78 is 11.4. The Hall–Kier alpha value is -1.14. The van der Waals surface area contributed by atoms with Crippen LogP contribution in [0.5, 0.6) is 0 Å². The highest BCUT2D eigenvalue weighted by Crippen LogP contribution is 2.24. The number of ether oxygens (including phenoxy) is 2. The predicted octanol–water partition coefficient (Wildman–Crippen LogP) is 0.830. The van der Waals surface area contributed by atoms with Crippen LogP contribution in [-0.2, 0) is 14.3 Å². The number of morpholine rings is 1. The Morgan fingerprint density at radius 2 is 2.05 bits per heavy atom. The largest absolute Gasteiger partial charge is 0.368 e. The van der Waals surface area contributed by atoms with Crippen LogP contribution in [0.25, 0.3) is 0 Å². The molecule has 6 heteroatoms. The van der Waals surface area contributed by atoms with E-state index in [2.05, 4.69) is 5.32 Å². The number of para-hydroxylation sites is 1. The number of carbonyl (C=O) groups excluding carboxylic acids is 1. The van der Waals surface area contributed by atoms with E-state index in [4.69, 9.17) is 9.47 Å². The van der Waals surface area contributed by atoms with Gasteiger partial charge in [-0.1, -0.05) is 18.2 Å². The standard InChI is InChI=1S/C14H18N2O3.ClH/c17-13-8-18-11-14(9-15-6-7-19-14)10-16(13)12-4-2-1-3-5-12;/h1-5,15H,6-11H2;1H. The second-order valence-electron chi connectivity index (χ2n) is 5.02. The van der Waals surface area contributed by atoms with Crippen LogP contribution < -0.4 is 10.2 Å². The Morgan fingerprint density at radius 3 is 2.75 bits per heavy atom. The molecule has 1 atom stereocenters. The summed E-state index contributed by atoms with van der Waals surface area (Å²) in [7, 11) is 0. The number of nitrogens with zero attached hydrogens (tertiary/aromatic N) is 1. The number of nitrogens with one attached hydrogen (secondary N) is 1. The quantitative estimate of drug-likeness (QED) is 0.834. The molecule has 0 aliphatic carbocycles. The smallest absolute Gasteiger partial charge is 0.253 e.